The van der Waals surface area contributed by atoms with Gasteiger partial charge in [0.15, 0.2) is 5.13 Å². The molecule has 2 N–H and O–H groups in total. The summed E-state index contributed by atoms with van der Waals surface area (Å²) in [5.74, 6) is -0.465. The number of carbonyl (C=O) groups excluding carboxylic acids is 1. The first-order valence-electron chi connectivity index (χ1n) is 9.88. The first-order chi connectivity index (χ1) is 15.9. The van der Waals surface area contributed by atoms with Crippen LogP contribution in [-0.4, -0.2) is 19.3 Å². The van der Waals surface area contributed by atoms with E-state index >= 15 is 0 Å². The van der Waals surface area contributed by atoms with Crippen LogP contribution in [0.25, 0.3) is 21.0 Å². The smallest absolute Gasteiger partial charge is 0.261 e. The maximum atomic E-state index is 13.0. The SMILES string of the molecule is O=C(Nc1nc2ccc3ccccc3c2s1)c1ccccc1NS(=O)(=O)c1ccc(Cl)cc1. The third kappa shape index (κ3) is 4.28. The minimum absolute atomic E-state index is 0.0418. The molecule has 0 radical (unpaired) electrons. The molecule has 4 aromatic carbocycles. The molecule has 0 atom stereocenters. The van der Waals surface area contributed by atoms with E-state index in [-0.39, 0.29) is 16.1 Å². The third-order valence-electron chi connectivity index (χ3n) is 5.04. The molecule has 0 saturated carbocycles. The van der Waals surface area contributed by atoms with Gasteiger partial charge in [-0.3, -0.25) is 14.8 Å². The summed E-state index contributed by atoms with van der Waals surface area (Å²) < 4.78 is 29.0. The van der Waals surface area contributed by atoms with Gasteiger partial charge in [0.05, 0.1) is 26.4 Å². The fourth-order valence-electron chi connectivity index (χ4n) is 3.46. The van der Waals surface area contributed by atoms with Crippen LogP contribution in [-0.2, 0) is 10.0 Å². The van der Waals surface area contributed by atoms with E-state index in [9.17, 15) is 13.2 Å². The Labute approximate surface area is 198 Å². The maximum Gasteiger partial charge on any atom is 0.261 e. The average Bonchev–Trinajstić information content (AvgIpc) is 3.22. The summed E-state index contributed by atoms with van der Waals surface area (Å²) in [5, 5.41) is 5.81. The van der Waals surface area contributed by atoms with Gasteiger partial charge in [-0.1, -0.05) is 65.4 Å². The van der Waals surface area contributed by atoms with Crippen molar-refractivity contribution in [3.05, 3.63) is 95.5 Å². The van der Waals surface area contributed by atoms with Gasteiger partial charge in [-0.25, -0.2) is 13.4 Å². The fourth-order valence-corrected chi connectivity index (χ4v) is 5.66. The van der Waals surface area contributed by atoms with Crippen molar-refractivity contribution in [2.24, 2.45) is 0 Å². The first kappa shape index (κ1) is 21.4. The number of halogens is 1. The van der Waals surface area contributed by atoms with Crippen LogP contribution in [0.3, 0.4) is 0 Å². The van der Waals surface area contributed by atoms with E-state index in [2.05, 4.69) is 15.0 Å². The number of thiazole rings is 1. The molecule has 5 rings (SSSR count). The molecule has 0 bridgehead atoms. The maximum absolute atomic E-state index is 13.0. The molecule has 9 heteroatoms. The number of fused-ring (bicyclic) bond motifs is 3. The third-order valence-corrected chi connectivity index (χ3v) is 7.69. The van der Waals surface area contributed by atoms with Gasteiger partial charge in [0.2, 0.25) is 0 Å². The van der Waals surface area contributed by atoms with Gasteiger partial charge in [0.25, 0.3) is 15.9 Å². The molecule has 5 aromatic rings. The van der Waals surface area contributed by atoms with Crippen molar-refractivity contribution >= 4 is 70.7 Å². The number of sulfonamides is 1. The fraction of sp³-hybridized carbons (Fsp3) is 0. The van der Waals surface area contributed by atoms with E-state index in [0.717, 1.165) is 21.0 Å². The van der Waals surface area contributed by atoms with Crippen molar-refractivity contribution < 1.29 is 13.2 Å². The summed E-state index contributed by atoms with van der Waals surface area (Å²) in [6.07, 6.45) is 0. The summed E-state index contributed by atoms with van der Waals surface area (Å²) in [7, 11) is -3.91. The van der Waals surface area contributed by atoms with Crippen LogP contribution in [0.1, 0.15) is 10.4 Å². The predicted molar refractivity (Wildman–Crippen MR) is 134 cm³/mol. The number of aromatic nitrogens is 1. The zero-order valence-corrected chi connectivity index (χ0v) is 19.3. The molecule has 1 amide bonds. The number of hydrogen-bond acceptors (Lipinski definition) is 5. The number of carbonyl (C=O) groups is 1. The molecule has 0 aliphatic heterocycles. The number of benzene rings is 4. The van der Waals surface area contributed by atoms with Gasteiger partial charge in [0.1, 0.15) is 0 Å². The van der Waals surface area contributed by atoms with E-state index in [0.29, 0.717) is 10.2 Å². The lowest BCUT2D eigenvalue weighted by atomic mass is 10.1. The molecule has 0 saturated heterocycles. The van der Waals surface area contributed by atoms with E-state index in [1.54, 1.807) is 18.2 Å². The van der Waals surface area contributed by atoms with Gasteiger partial charge in [0, 0.05) is 10.4 Å². The first-order valence-corrected chi connectivity index (χ1v) is 12.6. The van der Waals surface area contributed by atoms with Crippen molar-refractivity contribution in [2.45, 2.75) is 4.90 Å². The van der Waals surface area contributed by atoms with Gasteiger partial charge in [-0.2, -0.15) is 0 Å². The van der Waals surface area contributed by atoms with Gasteiger partial charge >= 0.3 is 0 Å². The quantitative estimate of drug-likeness (QED) is 0.307. The van der Waals surface area contributed by atoms with Crippen LogP contribution in [0.2, 0.25) is 5.02 Å². The largest absolute Gasteiger partial charge is 0.298 e. The van der Waals surface area contributed by atoms with Crippen LogP contribution < -0.4 is 10.0 Å². The second kappa shape index (κ2) is 8.47. The number of amides is 1. The Balaban J connectivity index is 1.44. The van der Waals surface area contributed by atoms with Gasteiger partial charge < -0.3 is 0 Å². The summed E-state index contributed by atoms with van der Waals surface area (Å²) in [6, 6.07) is 24.1. The number of rotatable bonds is 5. The molecule has 6 nitrogen and oxygen atoms in total. The monoisotopic (exact) mass is 493 g/mol. The number of anilines is 2. The van der Waals surface area contributed by atoms with Crippen LogP contribution in [0.4, 0.5) is 10.8 Å². The summed E-state index contributed by atoms with van der Waals surface area (Å²) in [4.78, 5) is 17.6. The molecule has 0 spiro atoms. The molecule has 0 aliphatic rings. The second-order valence-corrected chi connectivity index (χ2v) is 10.3. The molecule has 0 unspecified atom stereocenters. The van der Waals surface area contributed by atoms with Gasteiger partial charge in [-0.05, 0) is 47.9 Å². The average molecular weight is 494 g/mol. The zero-order chi connectivity index (χ0) is 23.0. The van der Waals surface area contributed by atoms with Crippen molar-refractivity contribution in [3.63, 3.8) is 0 Å². The Bertz CT molecular complexity index is 1610. The second-order valence-electron chi connectivity index (χ2n) is 7.21. The van der Waals surface area contributed by atoms with Crippen molar-refractivity contribution in [1.82, 2.24) is 4.98 Å². The standard InChI is InChI=1S/C24H16ClN3O3S2/c25-16-10-12-17(13-11-16)33(30,31)28-20-8-4-3-7-19(20)23(29)27-24-26-21-14-9-15-5-1-2-6-18(15)22(21)32-24/h1-14,28H,(H,26,27,29). The van der Waals surface area contributed by atoms with Crippen molar-refractivity contribution in [3.8, 4) is 0 Å². The van der Waals surface area contributed by atoms with Crippen molar-refractivity contribution in [2.75, 3.05) is 10.0 Å². The zero-order valence-electron chi connectivity index (χ0n) is 16.9. The number of nitrogens with zero attached hydrogens (tertiary/aromatic N) is 1. The van der Waals surface area contributed by atoms with Gasteiger partial charge in [-0.15, -0.1) is 0 Å². The number of nitrogens with one attached hydrogen (secondary N) is 2. The minimum atomic E-state index is -3.91. The lowest BCUT2D eigenvalue weighted by Crippen LogP contribution is -2.18. The molecular weight excluding hydrogens is 478 g/mol. The summed E-state index contributed by atoms with van der Waals surface area (Å²) >= 11 is 7.23. The lowest BCUT2D eigenvalue weighted by Gasteiger charge is -2.12. The highest BCUT2D eigenvalue weighted by atomic mass is 35.5. The molecular formula is C24H16ClN3O3S2. The highest BCUT2D eigenvalue weighted by molar-refractivity contribution is 7.92. The summed E-state index contributed by atoms with van der Waals surface area (Å²) in [5.41, 5.74) is 1.13. The van der Waals surface area contributed by atoms with Crippen LogP contribution >= 0.6 is 22.9 Å². The van der Waals surface area contributed by atoms with E-state index in [1.165, 1.54) is 41.7 Å². The van der Waals surface area contributed by atoms with Crippen LogP contribution in [0.15, 0.2) is 89.8 Å². The Morgan fingerprint density at radius 3 is 2.42 bits per heavy atom. The molecule has 0 fully saturated rings. The Morgan fingerprint density at radius 1 is 0.879 bits per heavy atom. The Hall–Kier alpha value is -3.46. The normalized spacial score (nSPS) is 11.5. The van der Waals surface area contributed by atoms with E-state index in [1.807, 2.05) is 36.4 Å². The van der Waals surface area contributed by atoms with Crippen LogP contribution in [0.5, 0.6) is 0 Å². The molecule has 1 aromatic heterocycles. The molecule has 33 heavy (non-hydrogen) atoms. The highest BCUT2D eigenvalue weighted by Gasteiger charge is 2.19. The number of para-hydroxylation sites is 1. The molecule has 0 aliphatic carbocycles. The minimum Gasteiger partial charge on any atom is -0.298 e. The van der Waals surface area contributed by atoms with Crippen LogP contribution in [0, 0.1) is 0 Å². The Morgan fingerprint density at radius 2 is 1.61 bits per heavy atom. The topological polar surface area (TPSA) is 88.2 Å². The predicted octanol–water partition coefficient (Wildman–Crippen LogP) is 6.16. The summed E-state index contributed by atoms with van der Waals surface area (Å²) in [6.45, 7) is 0. The van der Waals surface area contributed by atoms with E-state index in [4.69, 9.17) is 11.6 Å². The number of hydrogen-bond donors (Lipinski definition) is 2. The molecule has 1 heterocycles. The lowest BCUT2D eigenvalue weighted by molar-refractivity contribution is 0.102. The highest BCUT2D eigenvalue weighted by Crippen LogP contribution is 2.33. The van der Waals surface area contributed by atoms with E-state index < -0.39 is 15.9 Å². The Kier molecular flexibility index (Phi) is 5.49. The molecule has 164 valence electrons. The van der Waals surface area contributed by atoms with Crippen molar-refractivity contribution in [1.29, 1.82) is 0 Å².